The van der Waals surface area contributed by atoms with Crippen LogP contribution >= 0.6 is 15.9 Å². The summed E-state index contributed by atoms with van der Waals surface area (Å²) in [4.78, 5) is 4.32. The molecule has 1 heterocycles. The zero-order valence-corrected chi connectivity index (χ0v) is 13.1. The molecule has 0 amide bonds. The van der Waals surface area contributed by atoms with E-state index in [-0.39, 0.29) is 5.54 Å². The third-order valence-corrected chi connectivity index (χ3v) is 3.09. The topological polar surface area (TPSA) is 42.7 Å². The van der Waals surface area contributed by atoms with Crippen LogP contribution in [0.3, 0.4) is 0 Å². The summed E-state index contributed by atoms with van der Waals surface area (Å²) in [5.74, 6) is 0.824. The molecular weight excluding hydrogens is 304 g/mol. The van der Waals surface area contributed by atoms with Gasteiger partial charge in [0.25, 0.3) is 0 Å². The summed E-state index contributed by atoms with van der Waals surface area (Å²) < 4.78 is 2.95. The van der Waals surface area contributed by atoms with Crippen LogP contribution in [0.1, 0.15) is 32.2 Å². The molecule has 0 unspecified atom stereocenters. The van der Waals surface area contributed by atoms with Crippen LogP contribution in [0.15, 0.2) is 35.1 Å². The van der Waals surface area contributed by atoms with Crippen molar-refractivity contribution in [3.8, 4) is 0 Å². The maximum absolute atomic E-state index is 4.47. The second-order valence-electron chi connectivity index (χ2n) is 5.59. The lowest BCUT2D eigenvalue weighted by molar-refractivity contribution is 0.417. The van der Waals surface area contributed by atoms with E-state index in [1.54, 1.807) is 6.33 Å². The lowest BCUT2D eigenvalue weighted by Gasteiger charge is -2.19. The Bertz CT molecular complexity index is 542. The Labute approximate surface area is 122 Å². The molecule has 0 saturated carbocycles. The average molecular weight is 323 g/mol. The van der Waals surface area contributed by atoms with Gasteiger partial charge in [-0.05, 0) is 38.5 Å². The van der Waals surface area contributed by atoms with Gasteiger partial charge in [-0.1, -0.05) is 28.1 Å². The van der Waals surface area contributed by atoms with Gasteiger partial charge in [0.15, 0.2) is 5.82 Å². The van der Waals surface area contributed by atoms with Gasteiger partial charge >= 0.3 is 0 Å². The van der Waals surface area contributed by atoms with Crippen molar-refractivity contribution in [2.24, 2.45) is 0 Å². The molecule has 0 aliphatic heterocycles. The molecule has 0 fully saturated rings. The Balaban J connectivity index is 1.97. The molecule has 0 radical (unpaired) electrons. The Morgan fingerprint density at radius 3 is 2.79 bits per heavy atom. The van der Waals surface area contributed by atoms with E-state index >= 15 is 0 Å². The largest absolute Gasteiger partial charge is 0.305 e. The van der Waals surface area contributed by atoms with Crippen LogP contribution in [0.2, 0.25) is 0 Å². The van der Waals surface area contributed by atoms with Crippen LogP contribution in [0.5, 0.6) is 0 Å². The van der Waals surface area contributed by atoms with Crippen LogP contribution in [-0.4, -0.2) is 20.3 Å². The maximum atomic E-state index is 4.47. The third kappa shape index (κ3) is 4.76. The Kier molecular flexibility index (Phi) is 4.37. The van der Waals surface area contributed by atoms with Gasteiger partial charge in [0.05, 0.1) is 13.1 Å². The van der Waals surface area contributed by atoms with Crippen molar-refractivity contribution in [1.29, 1.82) is 0 Å². The first-order chi connectivity index (χ1) is 8.92. The van der Waals surface area contributed by atoms with Crippen LogP contribution in [0.4, 0.5) is 0 Å². The number of nitrogens with one attached hydrogen (secondary N) is 1. The summed E-state index contributed by atoms with van der Waals surface area (Å²) in [6, 6.07) is 8.22. The van der Waals surface area contributed by atoms with Gasteiger partial charge in [-0.3, -0.25) is 0 Å². The first-order valence-electron chi connectivity index (χ1n) is 6.30. The van der Waals surface area contributed by atoms with E-state index in [1.807, 2.05) is 16.8 Å². The van der Waals surface area contributed by atoms with Gasteiger partial charge in [-0.15, -0.1) is 0 Å². The number of halogens is 1. The van der Waals surface area contributed by atoms with Crippen molar-refractivity contribution in [2.75, 3.05) is 0 Å². The zero-order valence-electron chi connectivity index (χ0n) is 11.5. The van der Waals surface area contributed by atoms with Crippen molar-refractivity contribution in [2.45, 2.75) is 39.4 Å². The number of nitrogens with zero attached hydrogens (tertiary/aromatic N) is 3. The molecule has 0 atom stereocenters. The normalized spacial score (nSPS) is 11.8. The van der Waals surface area contributed by atoms with Crippen molar-refractivity contribution < 1.29 is 0 Å². The fraction of sp³-hybridized carbons (Fsp3) is 0.429. The van der Waals surface area contributed by atoms with Crippen molar-refractivity contribution in [3.63, 3.8) is 0 Å². The van der Waals surface area contributed by atoms with Crippen LogP contribution in [0.25, 0.3) is 0 Å². The van der Waals surface area contributed by atoms with Crippen molar-refractivity contribution >= 4 is 15.9 Å². The molecule has 0 aliphatic carbocycles. The second kappa shape index (κ2) is 5.84. The first kappa shape index (κ1) is 14.2. The summed E-state index contributed by atoms with van der Waals surface area (Å²) in [5.41, 5.74) is 1.28. The zero-order chi connectivity index (χ0) is 13.9. The summed E-state index contributed by atoms with van der Waals surface area (Å²) in [7, 11) is 0. The molecule has 2 rings (SSSR count). The minimum Gasteiger partial charge on any atom is -0.305 e. The second-order valence-corrected chi connectivity index (χ2v) is 6.51. The fourth-order valence-corrected chi connectivity index (χ4v) is 2.10. The summed E-state index contributed by atoms with van der Waals surface area (Å²) in [6.45, 7) is 7.82. The van der Waals surface area contributed by atoms with E-state index in [4.69, 9.17) is 0 Å². The van der Waals surface area contributed by atoms with Gasteiger partial charge < -0.3 is 5.32 Å². The quantitative estimate of drug-likeness (QED) is 0.941. The van der Waals surface area contributed by atoms with Gasteiger partial charge in [0.2, 0.25) is 0 Å². The number of aromatic nitrogens is 3. The molecule has 0 aliphatic rings. The van der Waals surface area contributed by atoms with Gasteiger partial charge in [-0.25, -0.2) is 9.67 Å². The summed E-state index contributed by atoms with van der Waals surface area (Å²) in [6.07, 6.45) is 1.78. The molecule has 2 aromatic rings. The molecule has 1 aromatic carbocycles. The molecule has 102 valence electrons. The highest BCUT2D eigenvalue weighted by molar-refractivity contribution is 9.10. The average Bonchev–Trinajstić information content (AvgIpc) is 2.73. The standard InChI is InChI=1S/C14H19BrN4/c1-14(2,3)17-8-13-16-10-19(18-13)9-11-5-4-6-12(15)7-11/h4-7,10,17H,8-9H2,1-3H3. The minimum atomic E-state index is 0.0791. The van der Waals surface area contributed by atoms with Crippen LogP contribution in [-0.2, 0) is 13.1 Å². The number of benzene rings is 1. The van der Waals surface area contributed by atoms with E-state index in [0.29, 0.717) is 6.54 Å². The summed E-state index contributed by atoms with van der Waals surface area (Å²) in [5, 5.41) is 7.84. The van der Waals surface area contributed by atoms with E-state index in [0.717, 1.165) is 16.8 Å². The van der Waals surface area contributed by atoms with Gasteiger partial charge in [0.1, 0.15) is 6.33 Å². The highest BCUT2D eigenvalue weighted by atomic mass is 79.9. The Hall–Kier alpha value is -1.20. The van der Waals surface area contributed by atoms with E-state index in [1.165, 1.54) is 5.56 Å². The third-order valence-electron chi connectivity index (χ3n) is 2.59. The summed E-state index contributed by atoms with van der Waals surface area (Å²) >= 11 is 3.47. The lowest BCUT2D eigenvalue weighted by atomic mass is 10.1. The Morgan fingerprint density at radius 1 is 1.32 bits per heavy atom. The molecule has 5 heteroatoms. The predicted octanol–water partition coefficient (Wildman–Crippen LogP) is 2.98. The fourth-order valence-electron chi connectivity index (χ4n) is 1.66. The number of hydrogen-bond acceptors (Lipinski definition) is 3. The lowest BCUT2D eigenvalue weighted by Crippen LogP contribution is -2.35. The van der Waals surface area contributed by atoms with Crippen molar-refractivity contribution in [1.82, 2.24) is 20.1 Å². The minimum absolute atomic E-state index is 0.0791. The molecule has 0 saturated heterocycles. The molecule has 1 N–H and O–H groups in total. The SMILES string of the molecule is CC(C)(C)NCc1ncn(Cc2cccc(Br)c2)n1. The first-order valence-corrected chi connectivity index (χ1v) is 7.09. The van der Waals surface area contributed by atoms with Gasteiger partial charge in [-0.2, -0.15) is 5.10 Å². The number of hydrogen-bond donors (Lipinski definition) is 1. The number of rotatable bonds is 4. The molecule has 1 aromatic heterocycles. The van der Waals surface area contributed by atoms with Crippen LogP contribution in [0, 0.1) is 0 Å². The maximum Gasteiger partial charge on any atom is 0.164 e. The highest BCUT2D eigenvalue weighted by Crippen LogP contribution is 2.12. The van der Waals surface area contributed by atoms with Gasteiger partial charge in [0, 0.05) is 10.0 Å². The van der Waals surface area contributed by atoms with Crippen molar-refractivity contribution in [3.05, 3.63) is 46.5 Å². The molecule has 0 spiro atoms. The highest BCUT2D eigenvalue weighted by Gasteiger charge is 2.10. The predicted molar refractivity (Wildman–Crippen MR) is 79.9 cm³/mol. The monoisotopic (exact) mass is 322 g/mol. The molecule has 4 nitrogen and oxygen atoms in total. The molecule has 19 heavy (non-hydrogen) atoms. The van der Waals surface area contributed by atoms with Crippen LogP contribution < -0.4 is 5.32 Å². The smallest absolute Gasteiger partial charge is 0.164 e. The Morgan fingerprint density at radius 2 is 2.11 bits per heavy atom. The van der Waals surface area contributed by atoms with E-state index in [9.17, 15) is 0 Å². The van der Waals surface area contributed by atoms with E-state index in [2.05, 4.69) is 64.2 Å². The molecule has 0 bridgehead atoms. The molecular formula is C14H19BrN4. The van der Waals surface area contributed by atoms with E-state index < -0.39 is 0 Å².